The van der Waals surface area contributed by atoms with Crippen LogP contribution in [0, 0.1) is 17.6 Å². The van der Waals surface area contributed by atoms with Gasteiger partial charge in [0.2, 0.25) is 0 Å². The Kier molecular flexibility index (Phi) is 4.69. The lowest BCUT2D eigenvalue weighted by Gasteiger charge is -2.13. The third kappa shape index (κ3) is 3.59. The van der Waals surface area contributed by atoms with Crippen molar-refractivity contribution in [3.63, 3.8) is 0 Å². The van der Waals surface area contributed by atoms with Gasteiger partial charge >= 0.3 is 0 Å². The molecule has 0 heterocycles. The highest BCUT2D eigenvalue weighted by Gasteiger charge is 2.08. The van der Waals surface area contributed by atoms with Gasteiger partial charge in [0.15, 0.2) is 11.6 Å². The van der Waals surface area contributed by atoms with Gasteiger partial charge in [-0.15, -0.1) is 0 Å². The van der Waals surface area contributed by atoms with Crippen molar-refractivity contribution in [2.24, 2.45) is 11.7 Å². The molecular weight excluding hydrogens is 196 g/mol. The second kappa shape index (κ2) is 5.81. The molecule has 0 saturated carbocycles. The standard InChI is InChI=1S/C12H17F2N/c1-2-3-10(8-15)6-9-4-5-11(13)12(14)7-9/h4-5,7,10H,2-3,6,8,15H2,1H3. The average molecular weight is 213 g/mol. The maximum Gasteiger partial charge on any atom is 0.159 e. The van der Waals surface area contributed by atoms with Crippen LogP contribution >= 0.6 is 0 Å². The maximum atomic E-state index is 12.9. The van der Waals surface area contributed by atoms with E-state index in [2.05, 4.69) is 6.92 Å². The van der Waals surface area contributed by atoms with E-state index in [1.54, 1.807) is 6.07 Å². The van der Waals surface area contributed by atoms with Crippen LogP contribution in [-0.4, -0.2) is 6.54 Å². The van der Waals surface area contributed by atoms with E-state index in [1.807, 2.05) is 0 Å². The van der Waals surface area contributed by atoms with Crippen molar-refractivity contribution in [2.75, 3.05) is 6.54 Å². The van der Waals surface area contributed by atoms with E-state index in [0.717, 1.165) is 24.8 Å². The molecule has 0 radical (unpaired) electrons. The molecule has 0 aliphatic carbocycles. The van der Waals surface area contributed by atoms with Crippen molar-refractivity contribution in [3.05, 3.63) is 35.4 Å². The monoisotopic (exact) mass is 213 g/mol. The fraction of sp³-hybridized carbons (Fsp3) is 0.500. The Bertz CT molecular complexity index is 312. The smallest absolute Gasteiger partial charge is 0.159 e. The largest absolute Gasteiger partial charge is 0.330 e. The Hall–Kier alpha value is -0.960. The molecule has 15 heavy (non-hydrogen) atoms. The molecule has 1 aromatic carbocycles. The second-order valence-electron chi connectivity index (χ2n) is 3.84. The van der Waals surface area contributed by atoms with Gasteiger partial charge in [0.05, 0.1) is 0 Å². The summed E-state index contributed by atoms with van der Waals surface area (Å²) in [5.74, 6) is -1.21. The van der Waals surface area contributed by atoms with E-state index in [9.17, 15) is 8.78 Å². The van der Waals surface area contributed by atoms with Crippen molar-refractivity contribution in [1.82, 2.24) is 0 Å². The molecule has 1 unspecified atom stereocenters. The van der Waals surface area contributed by atoms with Gasteiger partial charge < -0.3 is 5.73 Å². The number of benzene rings is 1. The minimum atomic E-state index is -0.793. The number of hydrogen-bond acceptors (Lipinski definition) is 1. The van der Waals surface area contributed by atoms with Crippen LogP contribution < -0.4 is 5.73 Å². The van der Waals surface area contributed by atoms with Crippen LogP contribution in [0.15, 0.2) is 18.2 Å². The van der Waals surface area contributed by atoms with Gasteiger partial charge in [0, 0.05) is 0 Å². The van der Waals surface area contributed by atoms with Crippen molar-refractivity contribution < 1.29 is 8.78 Å². The quantitative estimate of drug-likeness (QED) is 0.799. The predicted molar refractivity (Wildman–Crippen MR) is 57.5 cm³/mol. The second-order valence-corrected chi connectivity index (χ2v) is 3.84. The van der Waals surface area contributed by atoms with Gasteiger partial charge in [-0.2, -0.15) is 0 Å². The molecule has 0 spiro atoms. The number of halogens is 2. The van der Waals surface area contributed by atoms with Crippen LogP contribution in [0.25, 0.3) is 0 Å². The zero-order chi connectivity index (χ0) is 11.3. The summed E-state index contributed by atoms with van der Waals surface area (Å²) in [5.41, 5.74) is 6.42. The first-order chi connectivity index (χ1) is 7.17. The van der Waals surface area contributed by atoms with Crippen LogP contribution in [0.1, 0.15) is 25.3 Å². The first-order valence-corrected chi connectivity index (χ1v) is 5.31. The Morgan fingerprint density at radius 1 is 1.27 bits per heavy atom. The molecular formula is C12H17F2N. The van der Waals surface area contributed by atoms with Crippen molar-refractivity contribution >= 4 is 0 Å². The van der Waals surface area contributed by atoms with Gasteiger partial charge in [-0.1, -0.05) is 19.4 Å². The van der Waals surface area contributed by atoms with E-state index in [4.69, 9.17) is 5.73 Å². The molecule has 2 N–H and O–H groups in total. The van der Waals surface area contributed by atoms with Crippen LogP contribution in [0.5, 0.6) is 0 Å². The fourth-order valence-corrected chi connectivity index (χ4v) is 1.71. The highest BCUT2D eigenvalue weighted by atomic mass is 19.2. The summed E-state index contributed by atoms with van der Waals surface area (Å²) in [5, 5.41) is 0. The van der Waals surface area contributed by atoms with Crippen LogP contribution in [0.4, 0.5) is 8.78 Å². The third-order valence-corrected chi connectivity index (χ3v) is 2.54. The molecule has 0 amide bonds. The van der Waals surface area contributed by atoms with Crippen LogP contribution in [0.2, 0.25) is 0 Å². The molecule has 1 atom stereocenters. The third-order valence-electron chi connectivity index (χ3n) is 2.54. The lowest BCUT2D eigenvalue weighted by atomic mass is 9.95. The van der Waals surface area contributed by atoms with Crippen molar-refractivity contribution in [3.8, 4) is 0 Å². The molecule has 84 valence electrons. The molecule has 1 nitrogen and oxygen atoms in total. The summed E-state index contributed by atoms with van der Waals surface area (Å²) in [6, 6.07) is 4.05. The summed E-state index contributed by atoms with van der Waals surface area (Å²) >= 11 is 0. The van der Waals surface area contributed by atoms with Crippen molar-refractivity contribution in [2.45, 2.75) is 26.2 Å². The lowest BCUT2D eigenvalue weighted by molar-refractivity contribution is 0.479. The predicted octanol–water partition coefficient (Wildman–Crippen LogP) is 2.88. The summed E-state index contributed by atoms with van der Waals surface area (Å²) in [6.45, 7) is 2.68. The highest BCUT2D eigenvalue weighted by molar-refractivity contribution is 5.18. The van der Waals surface area contributed by atoms with E-state index in [1.165, 1.54) is 12.1 Å². The lowest BCUT2D eigenvalue weighted by Crippen LogP contribution is -2.16. The molecule has 0 fully saturated rings. The van der Waals surface area contributed by atoms with E-state index in [-0.39, 0.29) is 0 Å². The minimum absolute atomic E-state index is 0.361. The first-order valence-electron chi connectivity index (χ1n) is 5.31. The normalized spacial score (nSPS) is 12.8. The van der Waals surface area contributed by atoms with E-state index >= 15 is 0 Å². The summed E-state index contributed by atoms with van der Waals surface area (Å²) in [6.07, 6.45) is 2.81. The van der Waals surface area contributed by atoms with Crippen molar-refractivity contribution in [1.29, 1.82) is 0 Å². The van der Waals surface area contributed by atoms with Crippen LogP contribution in [0.3, 0.4) is 0 Å². The molecule has 3 heteroatoms. The number of nitrogens with two attached hydrogens (primary N) is 1. The first kappa shape index (κ1) is 12.1. The van der Waals surface area contributed by atoms with Gasteiger partial charge in [-0.25, -0.2) is 8.78 Å². The van der Waals surface area contributed by atoms with Gasteiger partial charge in [0.25, 0.3) is 0 Å². The average Bonchev–Trinajstić information content (AvgIpc) is 2.23. The topological polar surface area (TPSA) is 26.0 Å². The number of hydrogen-bond donors (Lipinski definition) is 1. The highest BCUT2D eigenvalue weighted by Crippen LogP contribution is 2.15. The van der Waals surface area contributed by atoms with Gasteiger partial charge in [-0.3, -0.25) is 0 Å². The van der Waals surface area contributed by atoms with E-state index < -0.39 is 11.6 Å². The summed E-state index contributed by atoms with van der Waals surface area (Å²) in [4.78, 5) is 0. The molecule has 0 aliphatic rings. The Morgan fingerprint density at radius 2 is 2.00 bits per heavy atom. The molecule has 0 bridgehead atoms. The molecule has 1 aromatic rings. The van der Waals surface area contributed by atoms with E-state index in [0.29, 0.717) is 12.5 Å². The number of rotatable bonds is 5. The fourth-order valence-electron chi connectivity index (χ4n) is 1.71. The molecule has 0 saturated heterocycles. The van der Waals surface area contributed by atoms with Crippen LogP contribution in [-0.2, 0) is 6.42 Å². The summed E-state index contributed by atoms with van der Waals surface area (Å²) < 4.78 is 25.6. The zero-order valence-electron chi connectivity index (χ0n) is 8.97. The Balaban J connectivity index is 2.66. The Labute approximate surface area is 89.3 Å². The summed E-state index contributed by atoms with van der Waals surface area (Å²) in [7, 11) is 0. The molecule has 1 rings (SSSR count). The zero-order valence-corrected chi connectivity index (χ0v) is 8.97. The van der Waals surface area contributed by atoms with Gasteiger partial charge in [0.1, 0.15) is 0 Å². The molecule has 0 aromatic heterocycles. The minimum Gasteiger partial charge on any atom is -0.330 e. The SMILES string of the molecule is CCCC(CN)Cc1ccc(F)c(F)c1. The van der Waals surface area contributed by atoms with Gasteiger partial charge in [-0.05, 0) is 43.0 Å². The Morgan fingerprint density at radius 3 is 2.53 bits per heavy atom. The molecule has 0 aliphatic heterocycles. The maximum absolute atomic E-state index is 12.9.